The molecule has 20 heavy (non-hydrogen) atoms. The van der Waals surface area contributed by atoms with E-state index in [9.17, 15) is 9.36 Å². The van der Waals surface area contributed by atoms with Gasteiger partial charge in [0.2, 0.25) is 0 Å². The monoisotopic (exact) mass is 302 g/mol. The Bertz CT molecular complexity index is 460. The lowest BCUT2D eigenvalue weighted by molar-refractivity contribution is 0.0526. The minimum atomic E-state index is -3.61. The van der Waals surface area contributed by atoms with Crippen molar-refractivity contribution in [3.8, 4) is 5.75 Å². The van der Waals surface area contributed by atoms with Crippen LogP contribution in [0.5, 0.6) is 5.75 Å². The van der Waals surface area contributed by atoms with Crippen LogP contribution in [-0.4, -0.2) is 25.8 Å². The van der Waals surface area contributed by atoms with Crippen molar-refractivity contribution in [1.82, 2.24) is 0 Å². The van der Waals surface area contributed by atoms with Crippen molar-refractivity contribution in [3.05, 3.63) is 29.8 Å². The zero-order chi connectivity index (χ0) is 15.0. The van der Waals surface area contributed by atoms with Gasteiger partial charge in [0, 0.05) is 0 Å². The van der Waals surface area contributed by atoms with Crippen molar-refractivity contribution in [3.63, 3.8) is 0 Å². The summed E-state index contributed by atoms with van der Waals surface area (Å²) in [5.74, 6) is -0.125. The van der Waals surface area contributed by atoms with Gasteiger partial charge < -0.3 is 9.26 Å². The van der Waals surface area contributed by atoms with E-state index in [1.165, 1.54) is 24.3 Å². The third kappa shape index (κ3) is 4.96. The molecule has 0 bridgehead atoms. The van der Waals surface area contributed by atoms with Crippen molar-refractivity contribution in [2.75, 3.05) is 19.8 Å². The highest BCUT2D eigenvalue weighted by Crippen LogP contribution is 2.49. The van der Waals surface area contributed by atoms with Gasteiger partial charge >= 0.3 is 13.8 Å². The molecule has 0 unspecified atom stereocenters. The molecule has 0 aliphatic heterocycles. The van der Waals surface area contributed by atoms with E-state index in [0.717, 1.165) is 0 Å². The molecule has 0 aliphatic carbocycles. The van der Waals surface area contributed by atoms with E-state index >= 15 is 0 Å². The predicted molar refractivity (Wildman–Crippen MR) is 73.9 cm³/mol. The van der Waals surface area contributed by atoms with Crippen molar-refractivity contribution < 1.29 is 27.7 Å². The average molecular weight is 302 g/mol. The summed E-state index contributed by atoms with van der Waals surface area (Å²) in [6.07, 6.45) is 0. The molecule has 1 rings (SSSR count). The molecule has 0 fully saturated rings. The summed E-state index contributed by atoms with van der Waals surface area (Å²) < 4.78 is 32.3. The zero-order valence-electron chi connectivity index (χ0n) is 11.8. The molecule has 0 aromatic heterocycles. The lowest BCUT2D eigenvalue weighted by Crippen LogP contribution is -2.05. The first-order valence-electron chi connectivity index (χ1n) is 6.40. The van der Waals surface area contributed by atoms with Gasteiger partial charge in [-0.05, 0) is 45.0 Å². The van der Waals surface area contributed by atoms with Gasteiger partial charge in [0.05, 0.1) is 25.4 Å². The molecule has 6 nitrogen and oxygen atoms in total. The Morgan fingerprint density at radius 1 is 1.00 bits per heavy atom. The molecule has 0 atom stereocenters. The summed E-state index contributed by atoms with van der Waals surface area (Å²) in [5, 5.41) is 0. The van der Waals surface area contributed by atoms with Crippen LogP contribution >= 0.6 is 7.82 Å². The topological polar surface area (TPSA) is 71.1 Å². The van der Waals surface area contributed by atoms with Crippen molar-refractivity contribution in [1.29, 1.82) is 0 Å². The van der Waals surface area contributed by atoms with Gasteiger partial charge in [0.15, 0.2) is 0 Å². The number of hydrogen-bond donors (Lipinski definition) is 0. The normalized spacial score (nSPS) is 11.2. The molecular weight excluding hydrogens is 283 g/mol. The minimum Gasteiger partial charge on any atom is -0.462 e. The Hall–Kier alpha value is -1.36. The number of rotatable bonds is 8. The predicted octanol–water partition coefficient (Wildman–Crippen LogP) is 3.42. The molecule has 0 saturated carbocycles. The number of carbonyl (C=O) groups excluding carboxylic acids is 1. The van der Waals surface area contributed by atoms with E-state index < -0.39 is 13.8 Å². The number of phosphoric ester groups is 1. The average Bonchev–Trinajstić information content (AvgIpc) is 2.40. The Kier molecular flexibility index (Phi) is 6.71. The first-order valence-corrected chi connectivity index (χ1v) is 7.86. The summed E-state index contributed by atoms with van der Waals surface area (Å²) in [4.78, 5) is 11.5. The molecule has 0 heterocycles. The van der Waals surface area contributed by atoms with Gasteiger partial charge in [-0.2, -0.15) is 0 Å². The maximum atomic E-state index is 12.1. The van der Waals surface area contributed by atoms with Gasteiger partial charge in [-0.1, -0.05) is 0 Å². The zero-order valence-corrected chi connectivity index (χ0v) is 12.7. The second kappa shape index (κ2) is 8.04. The Balaban J connectivity index is 2.77. The molecule has 0 N–H and O–H groups in total. The van der Waals surface area contributed by atoms with Crippen LogP contribution in [0.2, 0.25) is 0 Å². The second-order valence-electron chi connectivity index (χ2n) is 3.62. The van der Waals surface area contributed by atoms with Crippen molar-refractivity contribution in [2.24, 2.45) is 0 Å². The van der Waals surface area contributed by atoms with E-state index in [0.29, 0.717) is 17.9 Å². The van der Waals surface area contributed by atoms with Crippen LogP contribution in [0.3, 0.4) is 0 Å². The largest absolute Gasteiger partial charge is 0.530 e. The smallest absolute Gasteiger partial charge is 0.462 e. The van der Waals surface area contributed by atoms with Gasteiger partial charge in [0.25, 0.3) is 0 Å². The first kappa shape index (κ1) is 16.7. The summed E-state index contributed by atoms with van der Waals surface area (Å²) in [5.41, 5.74) is 0.391. The van der Waals surface area contributed by atoms with E-state index in [-0.39, 0.29) is 13.2 Å². The van der Waals surface area contributed by atoms with Crippen LogP contribution in [0.15, 0.2) is 24.3 Å². The first-order chi connectivity index (χ1) is 9.54. The van der Waals surface area contributed by atoms with Gasteiger partial charge in [-0.3, -0.25) is 9.05 Å². The highest BCUT2D eigenvalue weighted by Gasteiger charge is 2.27. The number of ether oxygens (including phenoxy) is 1. The van der Waals surface area contributed by atoms with E-state index in [2.05, 4.69) is 0 Å². The van der Waals surface area contributed by atoms with Crippen LogP contribution in [-0.2, 0) is 18.3 Å². The molecule has 112 valence electrons. The highest BCUT2D eigenvalue weighted by atomic mass is 31.2. The molecule has 0 aliphatic rings. The van der Waals surface area contributed by atoms with Crippen LogP contribution in [0, 0.1) is 0 Å². The second-order valence-corrected chi connectivity index (χ2v) is 5.21. The summed E-state index contributed by atoms with van der Waals surface area (Å²) >= 11 is 0. The molecule has 0 spiro atoms. The molecule has 0 saturated heterocycles. The number of hydrogen-bond acceptors (Lipinski definition) is 6. The van der Waals surface area contributed by atoms with Crippen LogP contribution < -0.4 is 4.52 Å². The van der Waals surface area contributed by atoms with E-state index in [1.54, 1.807) is 20.8 Å². The Morgan fingerprint density at radius 3 is 2.00 bits per heavy atom. The molecule has 1 aromatic rings. The van der Waals surface area contributed by atoms with Crippen LogP contribution in [0.25, 0.3) is 0 Å². The maximum Gasteiger partial charge on any atom is 0.530 e. The van der Waals surface area contributed by atoms with E-state index in [1.807, 2.05) is 0 Å². The van der Waals surface area contributed by atoms with Crippen molar-refractivity contribution in [2.45, 2.75) is 20.8 Å². The molecule has 7 heteroatoms. The van der Waals surface area contributed by atoms with Crippen molar-refractivity contribution >= 4 is 13.8 Å². The third-order valence-electron chi connectivity index (χ3n) is 2.16. The summed E-state index contributed by atoms with van der Waals surface area (Å²) in [7, 11) is -3.61. The summed E-state index contributed by atoms with van der Waals surface area (Å²) in [6.45, 7) is 5.84. The number of phosphoric acid groups is 1. The molecule has 0 radical (unpaired) electrons. The molecule has 1 aromatic carbocycles. The number of carbonyl (C=O) groups is 1. The van der Waals surface area contributed by atoms with Crippen LogP contribution in [0.4, 0.5) is 0 Å². The lowest BCUT2D eigenvalue weighted by Gasteiger charge is -2.17. The lowest BCUT2D eigenvalue weighted by atomic mass is 10.2. The fourth-order valence-electron chi connectivity index (χ4n) is 1.40. The van der Waals surface area contributed by atoms with Gasteiger partial charge in [-0.25, -0.2) is 9.36 Å². The van der Waals surface area contributed by atoms with E-state index in [4.69, 9.17) is 18.3 Å². The van der Waals surface area contributed by atoms with Gasteiger partial charge in [-0.15, -0.1) is 0 Å². The molecular formula is C13H19O6P. The Labute approximate surface area is 118 Å². The third-order valence-corrected chi connectivity index (χ3v) is 3.74. The fourth-order valence-corrected chi connectivity index (χ4v) is 2.59. The van der Waals surface area contributed by atoms with Gasteiger partial charge in [0.1, 0.15) is 5.75 Å². The highest BCUT2D eigenvalue weighted by molar-refractivity contribution is 7.48. The standard InChI is InChI=1S/C13H19O6P/c1-4-16-13(14)11-7-9-12(10-8-11)19-20(15,17-5-2)18-6-3/h7-10H,4-6H2,1-3H3. The Morgan fingerprint density at radius 2 is 1.55 bits per heavy atom. The minimum absolute atomic E-state index is 0.207. The maximum absolute atomic E-state index is 12.1. The van der Waals surface area contributed by atoms with Crippen LogP contribution in [0.1, 0.15) is 31.1 Å². The number of benzene rings is 1. The quantitative estimate of drug-likeness (QED) is 0.541. The molecule has 0 amide bonds. The SMILES string of the molecule is CCOC(=O)c1ccc(OP(=O)(OCC)OCC)cc1. The fraction of sp³-hybridized carbons (Fsp3) is 0.462. The summed E-state index contributed by atoms with van der Waals surface area (Å²) in [6, 6.07) is 6.07. The number of esters is 1.